The van der Waals surface area contributed by atoms with Crippen LogP contribution in [0.4, 0.5) is 5.69 Å². The molecule has 134 valence electrons. The molecule has 0 aliphatic rings. The Hall–Kier alpha value is -3.11. The van der Waals surface area contributed by atoms with Gasteiger partial charge >= 0.3 is 0 Å². The zero-order valence-electron chi connectivity index (χ0n) is 13.8. The van der Waals surface area contributed by atoms with Gasteiger partial charge in [-0.15, -0.1) is 0 Å². The van der Waals surface area contributed by atoms with Gasteiger partial charge in [0.1, 0.15) is 5.69 Å². The molecule has 26 heavy (non-hydrogen) atoms. The van der Waals surface area contributed by atoms with Crippen molar-refractivity contribution in [3.63, 3.8) is 0 Å². The van der Waals surface area contributed by atoms with E-state index < -0.39 is 15.9 Å². The number of sulfonamides is 1. The van der Waals surface area contributed by atoms with Gasteiger partial charge in [-0.05, 0) is 30.3 Å². The van der Waals surface area contributed by atoms with Crippen LogP contribution in [0.3, 0.4) is 0 Å². The van der Waals surface area contributed by atoms with E-state index in [2.05, 4.69) is 25.5 Å². The molecule has 0 fully saturated rings. The van der Waals surface area contributed by atoms with Gasteiger partial charge in [0.05, 0.1) is 23.3 Å². The lowest BCUT2D eigenvalue weighted by molar-refractivity contribution is 0.102. The zero-order chi connectivity index (χ0) is 18.6. The van der Waals surface area contributed by atoms with E-state index in [1.807, 2.05) is 0 Å². The molecular formula is C16H16N6O3S. The molecule has 0 aliphatic heterocycles. The fraction of sp³-hybridized carbons (Fsp3) is 0.125. The first-order valence-electron chi connectivity index (χ1n) is 7.59. The number of nitrogens with zero attached hydrogens (tertiary/aromatic N) is 4. The van der Waals surface area contributed by atoms with Crippen molar-refractivity contribution in [2.24, 2.45) is 0 Å². The predicted molar refractivity (Wildman–Crippen MR) is 93.7 cm³/mol. The van der Waals surface area contributed by atoms with Crippen molar-refractivity contribution in [1.29, 1.82) is 0 Å². The molecule has 3 rings (SSSR count). The lowest BCUT2D eigenvalue weighted by atomic mass is 10.3. The van der Waals surface area contributed by atoms with Crippen LogP contribution in [0.25, 0.3) is 0 Å². The largest absolute Gasteiger partial charge is 0.321 e. The van der Waals surface area contributed by atoms with Gasteiger partial charge in [-0.25, -0.2) is 13.4 Å². The van der Waals surface area contributed by atoms with Crippen LogP contribution in [0.5, 0.6) is 0 Å². The lowest BCUT2D eigenvalue weighted by Gasteiger charge is -2.16. The van der Waals surface area contributed by atoms with Crippen molar-refractivity contribution in [1.82, 2.24) is 24.5 Å². The summed E-state index contributed by atoms with van der Waals surface area (Å²) < 4.78 is 26.4. The van der Waals surface area contributed by atoms with Crippen molar-refractivity contribution in [2.75, 3.05) is 12.4 Å². The van der Waals surface area contributed by atoms with E-state index in [0.717, 1.165) is 0 Å². The van der Waals surface area contributed by atoms with Crippen LogP contribution in [-0.4, -0.2) is 45.8 Å². The van der Waals surface area contributed by atoms with Crippen LogP contribution in [0, 0.1) is 0 Å². The van der Waals surface area contributed by atoms with Crippen molar-refractivity contribution >= 4 is 21.6 Å². The highest BCUT2D eigenvalue weighted by Gasteiger charge is 2.21. The molecular weight excluding hydrogens is 356 g/mol. The Balaban J connectivity index is 1.71. The highest BCUT2D eigenvalue weighted by Crippen LogP contribution is 2.19. The van der Waals surface area contributed by atoms with Crippen LogP contribution in [0.15, 0.2) is 60.0 Å². The summed E-state index contributed by atoms with van der Waals surface area (Å²) in [5.41, 5.74) is 1.31. The second-order valence-corrected chi connectivity index (χ2v) is 7.46. The first-order chi connectivity index (χ1) is 12.5. The van der Waals surface area contributed by atoms with E-state index in [4.69, 9.17) is 0 Å². The van der Waals surface area contributed by atoms with Gasteiger partial charge in [-0.1, -0.05) is 0 Å². The molecule has 10 heteroatoms. The van der Waals surface area contributed by atoms with E-state index in [-0.39, 0.29) is 17.1 Å². The summed E-state index contributed by atoms with van der Waals surface area (Å²) in [4.78, 5) is 19.9. The molecule has 1 amide bonds. The second kappa shape index (κ2) is 7.42. The number of nitrogens with one attached hydrogen (secondary N) is 2. The monoisotopic (exact) mass is 372 g/mol. The van der Waals surface area contributed by atoms with Crippen LogP contribution in [0.2, 0.25) is 0 Å². The first-order valence-corrected chi connectivity index (χ1v) is 9.03. The number of aromatic amines is 1. The third-order valence-corrected chi connectivity index (χ3v) is 5.39. The molecule has 1 aromatic carbocycles. The van der Waals surface area contributed by atoms with Crippen molar-refractivity contribution in [2.45, 2.75) is 11.4 Å². The molecule has 2 N–H and O–H groups in total. The Morgan fingerprint density at radius 2 is 1.92 bits per heavy atom. The summed E-state index contributed by atoms with van der Waals surface area (Å²) >= 11 is 0. The number of aromatic nitrogens is 4. The number of hydrogen-bond donors (Lipinski definition) is 2. The molecule has 0 saturated heterocycles. The van der Waals surface area contributed by atoms with Crippen LogP contribution in [-0.2, 0) is 16.6 Å². The van der Waals surface area contributed by atoms with E-state index in [9.17, 15) is 13.2 Å². The van der Waals surface area contributed by atoms with Gasteiger partial charge in [0.2, 0.25) is 10.0 Å². The van der Waals surface area contributed by atoms with E-state index in [1.165, 1.54) is 54.2 Å². The van der Waals surface area contributed by atoms with Gasteiger partial charge < -0.3 is 5.32 Å². The number of carbonyl (C=O) groups excluding carboxylic acids is 1. The van der Waals surface area contributed by atoms with Gasteiger partial charge in [-0.3, -0.25) is 14.9 Å². The third-order valence-electron chi connectivity index (χ3n) is 3.57. The maximum atomic E-state index is 12.6. The molecule has 3 aromatic rings. The van der Waals surface area contributed by atoms with Crippen LogP contribution < -0.4 is 5.32 Å². The van der Waals surface area contributed by atoms with Crippen molar-refractivity contribution in [3.05, 3.63) is 66.5 Å². The predicted octanol–water partition coefficient (Wildman–Crippen LogP) is 1.27. The molecule has 0 radical (unpaired) electrons. The first kappa shape index (κ1) is 17.7. The van der Waals surface area contributed by atoms with Gasteiger partial charge in [-0.2, -0.15) is 9.40 Å². The summed E-state index contributed by atoms with van der Waals surface area (Å²) in [6, 6.07) is 7.61. The summed E-state index contributed by atoms with van der Waals surface area (Å²) in [5.74, 6) is -0.426. The van der Waals surface area contributed by atoms with Crippen molar-refractivity contribution in [3.8, 4) is 0 Å². The maximum absolute atomic E-state index is 12.6. The fourth-order valence-corrected chi connectivity index (χ4v) is 3.35. The molecule has 0 saturated carbocycles. The average Bonchev–Trinajstić information content (AvgIpc) is 3.16. The van der Waals surface area contributed by atoms with Gasteiger partial charge in [0.25, 0.3) is 5.91 Å². The number of benzene rings is 1. The Labute approximate surface area is 150 Å². The number of rotatable bonds is 6. The minimum atomic E-state index is -3.66. The SMILES string of the molecule is CN(Cc1ccn[nH]1)S(=O)(=O)c1ccc(NC(=O)c2cnccn2)cc1. The number of anilines is 1. The second-order valence-electron chi connectivity index (χ2n) is 5.41. The molecule has 0 spiro atoms. The summed E-state index contributed by atoms with van der Waals surface area (Å²) in [7, 11) is -2.18. The van der Waals surface area contributed by atoms with Crippen molar-refractivity contribution < 1.29 is 13.2 Å². The average molecular weight is 372 g/mol. The summed E-state index contributed by atoms with van der Waals surface area (Å²) in [6.45, 7) is 0.174. The minimum absolute atomic E-state index is 0.122. The Morgan fingerprint density at radius 3 is 2.54 bits per heavy atom. The third kappa shape index (κ3) is 3.92. The quantitative estimate of drug-likeness (QED) is 0.672. The lowest BCUT2D eigenvalue weighted by Crippen LogP contribution is -2.26. The molecule has 2 aromatic heterocycles. The summed E-state index contributed by atoms with van der Waals surface area (Å²) in [5, 5.41) is 9.16. The van der Waals surface area contributed by atoms with E-state index in [0.29, 0.717) is 11.4 Å². The number of amides is 1. The molecule has 0 aliphatic carbocycles. The van der Waals surface area contributed by atoms with E-state index >= 15 is 0 Å². The fourth-order valence-electron chi connectivity index (χ4n) is 2.20. The molecule has 0 atom stereocenters. The Kier molecular flexibility index (Phi) is 5.05. The topological polar surface area (TPSA) is 121 Å². The Morgan fingerprint density at radius 1 is 1.15 bits per heavy atom. The normalized spacial score (nSPS) is 11.5. The molecule has 0 unspecified atom stereocenters. The minimum Gasteiger partial charge on any atom is -0.321 e. The van der Waals surface area contributed by atoms with E-state index in [1.54, 1.807) is 12.3 Å². The number of hydrogen-bond acceptors (Lipinski definition) is 6. The van der Waals surface area contributed by atoms with Gasteiger partial charge in [0.15, 0.2) is 0 Å². The summed E-state index contributed by atoms with van der Waals surface area (Å²) in [6.07, 6.45) is 5.79. The number of H-pyrrole nitrogens is 1. The molecule has 2 heterocycles. The van der Waals surface area contributed by atoms with Crippen LogP contribution in [0.1, 0.15) is 16.2 Å². The standard InChI is InChI=1S/C16H16N6O3S/c1-22(11-13-6-7-19-21-13)26(24,25)14-4-2-12(3-5-14)20-16(23)15-10-17-8-9-18-15/h2-10H,11H2,1H3,(H,19,21)(H,20,23). The van der Waals surface area contributed by atoms with Crippen LogP contribution >= 0.6 is 0 Å². The highest BCUT2D eigenvalue weighted by molar-refractivity contribution is 7.89. The smallest absolute Gasteiger partial charge is 0.275 e. The molecule has 0 bridgehead atoms. The highest BCUT2D eigenvalue weighted by atomic mass is 32.2. The Bertz CT molecular complexity index is 973. The van der Waals surface area contributed by atoms with Gasteiger partial charge in [0, 0.05) is 31.3 Å². The zero-order valence-corrected chi connectivity index (χ0v) is 14.6. The molecule has 9 nitrogen and oxygen atoms in total. The maximum Gasteiger partial charge on any atom is 0.275 e. The number of carbonyl (C=O) groups is 1.